The maximum atomic E-state index is 13.9. The first-order valence-corrected chi connectivity index (χ1v) is 12.2. The molecule has 178 valence electrons. The van der Waals surface area contributed by atoms with Gasteiger partial charge in [0.15, 0.2) is 0 Å². The van der Waals surface area contributed by atoms with Crippen molar-refractivity contribution in [3.8, 4) is 5.75 Å². The van der Waals surface area contributed by atoms with Crippen LogP contribution in [-0.4, -0.2) is 34.2 Å². The van der Waals surface area contributed by atoms with Crippen LogP contribution in [0.25, 0.3) is 11.0 Å². The summed E-state index contributed by atoms with van der Waals surface area (Å²) in [5.74, 6) is 1.27. The molecule has 0 aliphatic carbocycles. The molecule has 35 heavy (non-hydrogen) atoms. The number of nitrogens with zero attached hydrogens (tertiary/aromatic N) is 4. The normalized spacial score (nSPS) is 15.5. The van der Waals surface area contributed by atoms with E-state index in [4.69, 9.17) is 9.72 Å². The molecule has 0 fully saturated rings. The predicted octanol–water partition coefficient (Wildman–Crippen LogP) is 4.97. The van der Waals surface area contributed by atoms with Crippen molar-refractivity contribution < 1.29 is 4.74 Å². The Morgan fingerprint density at radius 1 is 1.00 bits per heavy atom. The van der Waals surface area contributed by atoms with Crippen LogP contribution in [0.2, 0.25) is 0 Å². The third kappa shape index (κ3) is 4.05. The lowest BCUT2D eigenvalue weighted by Crippen LogP contribution is -2.36. The van der Waals surface area contributed by atoms with Crippen molar-refractivity contribution in [3.05, 3.63) is 70.6 Å². The molecule has 0 radical (unpaired) electrons. The maximum absolute atomic E-state index is 13.9. The Labute approximate surface area is 203 Å². The molecule has 4 heterocycles. The molecule has 0 saturated carbocycles. The highest BCUT2D eigenvalue weighted by atomic mass is 16.5. The Kier molecular flexibility index (Phi) is 5.48. The number of ether oxygens (including phenoxy) is 1. The topological polar surface area (TPSA) is 84.3 Å². The molecule has 0 unspecified atom stereocenters. The molecule has 2 aromatic heterocycles. The zero-order valence-corrected chi connectivity index (χ0v) is 19.8. The highest BCUT2D eigenvalue weighted by molar-refractivity contribution is 5.85. The first-order chi connectivity index (χ1) is 17.2. The summed E-state index contributed by atoms with van der Waals surface area (Å²) >= 11 is 0. The zero-order chi connectivity index (χ0) is 23.8. The second-order valence-electron chi connectivity index (χ2n) is 9.07. The highest BCUT2D eigenvalue weighted by Gasteiger charge is 2.23. The minimum absolute atomic E-state index is 0.0261. The highest BCUT2D eigenvalue weighted by Crippen LogP contribution is 2.36. The lowest BCUT2D eigenvalue weighted by molar-refractivity contribution is 0.304. The summed E-state index contributed by atoms with van der Waals surface area (Å²) in [5.41, 5.74) is 5.40. The van der Waals surface area contributed by atoms with E-state index in [-0.39, 0.29) is 5.56 Å². The van der Waals surface area contributed by atoms with Gasteiger partial charge in [-0.15, -0.1) is 0 Å². The Morgan fingerprint density at radius 3 is 2.86 bits per heavy atom. The van der Waals surface area contributed by atoms with Crippen LogP contribution in [0.1, 0.15) is 24.8 Å². The first-order valence-electron chi connectivity index (χ1n) is 12.2. The molecular formula is C27H28N6O2. The summed E-state index contributed by atoms with van der Waals surface area (Å²) in [7, 11) is 0. The Morgan fingerprint density at radius 2 is 1.91 bits per heavy atom. The van der Waals surface area contributed by atoms with Gasteiger partial charge in [-0.2, -0.15) is 4.98 Å². The van der Waals surface area contributed by atoms with Gasteiger partial charge in [0, 0.05) is 43.0 Å². The summed E-state index contributed by atoms with van der Waals surface area (Å²) in [4.78, 5) is 25.4. The smallest absolute Gasteiger partial charge is 0.276 e. The van der Waals surface area contributed by atoms with Gasteiger partial charge in [-0.3, -0.25) is 9.36 Å². The fourth-order valence-electron chi connectivity index (χ4n) is 4.91. The van der Waals surface area contributed by atoms with Crippen molar-refractivity contribution in [2.24, 2.45) is 0 Å². The molecule has 8 nitrogen and oxygen atoms in total. The maximum Gasteiger partial charge on any atom is 0.276 e. The number of pyridine rings is 1. The molecule has 8 heteroatoms. The number of hydrogen-bond acceptors (Lipinski definition) is 7. The second-order valence-corrected chi connectivity index (χ2v) is 9.07. The minimum Gasteiger partial charge on any atom is -0.494 e. The molecule has 2 aromatic carbocycles. The van der Waals surface area contributed by atoms with E-state index in [2.05, 4.69) is 39.6 Å². The summed E-state index contributed by atoms with van der Waals surface area (Å²) < 4.78 is 7.72. The van der Waals surface area contributed by atoms with E-state index < -0.39 is 0 Å². The van der Waals surface area contributed by atoms with Crippen LogP contribution in [0, 0.1) is 6.92 Å². The third-order valence-corrected chi connectivity index (χ3v) is 6.66. The Balaban J connectivity index is 1.48. The number of benzene rings is 2. The fraction of sp³-hybridized carbons (Fsp3) is 0.296. The average Bonchev–Trinajstić information content (AvgIpc) is 2.87. The monoisotopic (exact) mass is 468 g/mol. The van der Waals surface area contributed by atoms with Gasteiger partial charge in [0.05, 0.1) is 18.0 Å². The Hall–Kier alpha value is -4.07. The number of fused-ring (bicyclic) bond motifs is 4. The standard InChI is InChI=1S/C27H28N6O2/c1-18-7-5-10-22-24(18)28-11-13-32(22)23-15-19-17-29-27-30-20-8-6-9-21(16-20)35-14-4-2-3-12-33(26(23)34)25(19)31-27/h5-10,15-17,28H,2-4,11-14H2,1H3,(H,29,30,31). The van der Waals surface area contributed by atoms with Gasteiger partial charge >= 0.3 is 0 Å². The molecule has 0 saturated heterocycles. The summed E-state index contributed by atoms with van der Waals surface area (Å²) in [5, 5.41) is 7.60. The average molecular weight is 469 g/mol. The number of anilines is 5. The molecule has 2 aliphatic rings. The second kappa shape index (κ2) is 8.94. The van der Waals surface area contributed by atoms with Gasteiger partial charge in [0.2, 0.25) is 5.95 Å². The SMILES string of the molecule is Cc1cccc2c1NCCN2c1cc2cnc3nc2n(c1=O)CCCCCOc1cccc(c1)N3. The zero-order valence-electron chi connectivity index (χ0n) is 19.8. The molecule has 0 amide bonds. The van der Waals surface area contributed by atoms with Crippen LogP contribution in [0.4, 0.5) is 28.7 Å². The van der Waals surface area contributed by atoms with Crippen molar-refractivity contribution in [2.75, 3.05) is 35.2 Å². The minimum atomic E-state index is -0.0261. The van der Waals surface area contributed by atoms with Crippen molar-refractivity contribution in [2.45, 2.75) is 32.7 Å². The quantitative estimate of drug-likeness (QED) is 0.408. The van der Waals surface area contributed by atoms with Crippen LogP contribution in [0.15, 0.2) is 59.5 Å². The number of para-hydroxylation sites is 1. The van der Waals surface area contributed by atoms with Gasteiger partial charge < -0.3 is 20.3 Å². The van der Waals surface area contributed by atoms with Gasteiger partial charge in [0.1, 0.15) is 17.1 Å². The van der Waals surface area contributed by atoms with Crippen LogP contribution < -0.4 is 25.8 Å². The third-order valence-electron chi connectivity index (χ3n) is 6.66. The van der Waals surface area contributed by atoms with Crippen LogP contribution in [0.5, 0.6) is 5.75 Å². The summed E-state index contributed by atoms with van der Waals surface area (Å²) in [6, 6.07) is 15.9. The van der Waals surface area contributed by atoms with Crippen LogP contribution in [0.3, 0.4) is 0 Å². The van der Waals surface area contributed by atoms with E-state index in [0.29, 0.717) is 37.0 Å². The van der Waals surface area contributed by atoms with Crippen molar-refractivity contribution in [3.63, 3.8) is 0 Å². The molecule has 2 N–H and O–H groups in total. The fourth-order valence-corrected chi connectivity index (χ4v) is 4.91. The molecule has 6 rings (SSSR count). The number of aromatic nitrogens is 3. The van der Waals surface area contributed by atoms with Crippen molar-refractivity contribution in [1.29, 1.82) is 0 Å². The van der Waals surface area contributed by atoms with Crippen LogP contribution >= 0.6 is 0 Å². The number of aryl methyl sites for hydroxylation is 2. The molecule has 4 bridgehead atoms. The number of nitrogens with one attached hydrogen (secondary N) is 2. The number of rotatable bonds is 1. The van der Waals surface area contributed by atoms with E-state index in [9.17, 15) is 4.79 Å². The van der Waals surface area contributed by atoms with Gasteiger partial charge in [-0.1, -0.05) is 18.2 Å². The van der Waals surface area contributed by atoms with Crippen LogP contribution in [-0.2, 0) is 6.54 Å². The van der Waals surface area contributed by atoms with Gasteiger partial charge in [-0.25, -0.2) is 4.98 Å². The van der Waals surface area contributed by atoms with E-state index in [1.165, 1.54) is 5.56 Å². The lowest BCUT2D eigenvalue weighted by Gasteiger charge is -2.33. The lowest BCUT2D eigenvalue weighted by atomic mass is 10.1. The molecule has 4 aromatic rings. The summed E-state index contributed by atoms with van der Waals surface area (Å²) in [6.45, 7) is 4.81. The van der Waals surface area contributed by atoms with Crippen molar-refractivity contribution in [1.82, 2.24) is 14.5 Å². The van der Waals surface area contributed by atoms with E-state index >= 15 is 0 Å². The van der Waals surface area contributed by atoms with E-state index in [1.54, 1.807) is 6.20 Å². The largest absolute Gasteiger partial charge is 0.494 e. The first kappa shape index (κ1) is 21.5. The molecule has 0 spiro atoms. The van der Waals surface area contributed by atoms with E-state index in [0.717, 1.165) is 54.0 Å². The molecule has 2 aliphatic heterocycles. The van der Waals surface area contributed by atoms with E-state index in [1.807, 2.05) is 41.0 Å². The van der Waals surface area contributed by atoms with Gasteiger partial charge in [-0.05, 0) is 56.0 Å². The summed E-state index contributed by atoms with van der Waals surface area (Å²) in [6.07, 6.45) is 4.56. The molecular weight excluding hydrogens is 440 g/mol. The Bertz CT molecular complexity index is 1460. The predicted molar refractivity (Wildman–Crippen MR) is 140 cm³/mol. The number of hydrogen-bond donors (Lipinski definition) is 2. The molecule has 0 atom stereocenters. The van der Waals surface area contributed by atoms with Crippen molar-refractivity contribution >= 4 is 39.7 Å². The van der Waals surface area contributed by atoms with Gasteiger partial charge in [0.25, 0.3) is 5.56 Å².